The van der Waals surface area contributed by atoms with Crippen molar-refractivity contribution in [3.05, 3.63) is 16.6 Å². The summed E-state index contributed by atoms with van der Waals surface area (Å²) >= 11 is 3.33. The van der Waals surface area contributed by atoms with Crippen molar-refractivity contribution in [1.82, 2.24) is 4.98 Å². The monoisotopic (exact) mass is 345 g/mol. The van der Waals surface area contributed by atoms with Gasteiger partial charge >= 0.3 is 6.09 Å². The summed E-state index contributed by atoms with van der Waals surface area (Å²) in [4.78, 5) is 15.8. The van der Waals surface area contributed by atoms with Crippen LogP contribution >= 0.6 is 15.9 Å². The number of anilines is 1. The van der Waals surface area contributed by atoms with E-state index >= 15 is 0 Å². The van der Waals surface area contributed by atoms with Gasteiger partial charge in [-0.15, -0.1) is 0 Å². The van der Waals surface area contributed by atoms with Crippen molar-refractivity contribution in [2.45, 2.75) is 32.8 Å². The molecule has 1 heterocycles. The van der Waals surface area contributed by atoms with Crippen LogP contribution in [0.4, 0.5) is 10.6 Å². The molecule has 0 saturated heterocycles. The maximum absolute atomic E-state index is 11.6. The first-order chi connectivity index (χ1) is 9.31. The lowest BCUT2D eigenvalue weighted by molar-refractivity contribution is 0.0635. The summed E-state index contributed by atoms with van der Waals surface area (Å²) in [5.41, 5.74) is 4.84. The second-order valence-corrected chi connectivity index (χ2v) is 5.96. The molecule has 1 aromatic rings. The molecule has 0 saturated carbocycles. The van der Waals surface area contributed by atoms with Crippen LogP contribution in [0.5, 0.6) is 5.88 Å². The molecule has 1 rings (SSSR count). The minimum atomic E-state index is -0.556. The van der Waals surface area contributed by atoms with Crippen LogP contribution < -0.4 is 15.8 Å². The lowest BCUT2D eigenvalue weighted by atomic mass is 10.2. The Labute approximate surface area is 127 Å². The molecule has 0 aliphatic carbocycles. The average Bonchev–Trinajstić information content (AvgIpc) is 2.31. The fourth-order valence-corrected chi connectivity index (χ4v) is 1.59. The van der Waals surface area contributed by atoms with Crippen molar-refractivity contribution >= 4 is 27.8 Å². The fourth-order valence-electron chi connectivity index (χ4n) is 1.25. The molecule has 0 fully saturated rings. The molecular formula is C13H20BrN3O3. The van der Waals surface area contributed by atoms with Crippen LogP contribution in [0.15, 0.2) is 16.6 Å². The molecule has 0 radical (unpaired) electrons. The SMILES string of the molecule is CC(C)(C)OC(=O)Nc1ccc(Br)c(OCCCN)n1. The number of nitrogens with zero attached hydrogens (tertiary/aromatic N) is 1. The molecule has 0 aliphatic heterocycles. The van der Waals surface area contributed by atoms with Crippen molar-refractivity contribution in [1.29, 1.82) is 0 Å². The second kappa shape index (κ2) is 7.44. The summed E-state index contributed by atoms with van der Waals surface area (Å²) in [7, 11) is 0. The van der Waals surface area contributed by atoms with E-state index < -0.39 is 11.7 Å². The van der Waals surface area contributed by atoms with Gasteiger partial charge in [0.25, 0.3) is 0 Å². The number of amides is 1. The standard InChI is InChI=1S/C13H20BrN3O3/c1-13(2,3)20-12(18)17-10-6-5-9(14)11(16-10)19-8-4-7-15/h5-6H,4,7-8,15H2,1-3H3,(H,16,17,18). The van der Waals surface area contributed by atoms with Gasteiger partial charge in [-0.3, -0.25) is 5.32 Å². The predicted octanol–water partition coefficient (Wildman–Crippen LogP) is 2.92. The van der Waals surface area contributed by atoms with Crippen LogP contribution in [-0.2, 0) is 4.74 Å². The van der Waals surface area contributed by atoms with Crippen LogP contribution in [0.1, 0.15) is 27.2 Å². The summed E-state index contributed by atoms with van der Waals surface area (Å²) in [6, 6.07) is 3.40. The minimum Gasteiger partial charge on any atom is -0.477 e. The normalized spacial score (nSPS) is 11.1. The maximum Gasteiger partial charge on any atom is 0.413 e. The highest BCUT2D eigenvalue weighted by Crippen LogP contribution is 2.24. The molecule has 0 atom stereocenters. The van der Waals surface area contributed by atoms with Crippen molar-refractivity contribution in [3.63, 3.8) is 0 Å². The first-order valence-corrected chi connectivity index (χ1v) is 7.10. The minimum absolute atomic E-state index is 0.366. The molecule has 7 heteroatoms. The summed E-state index contributed by atoms with van der Waals surface area (Å²) < 4.78 is 11.3. The van der Waals surface area contributed by atoms with Crippen molar-refractivity contribution in [2.24, 2.45) is 5.73 Å². The lowest BCUT2D eigenvalue weighted by Crippen LogP contribution is -2.27. The van der Waals surface area contributed by atoms with E-state index in [1.807, 2.05) is 0 Å². The lowest BCUT2D eigenvalue weighted by Gasteiger charge is -2.19. The summed E-state index contributed by atoms with van der Waals surface area (Å²) in [5.74, 6) is 0.775. The van der Waals surface area contributed by atoms with E-state index in [1.165, 1.54) is 0 Å². The van der Waals surface area contributed by atoms with Crippen molar-refractivity contribution in [2.75, 3.05) is 18.5 Å². The fraction of sp³-hybridized carbons (Fsp3) is 0.538. The third-order valence-corrected chi connectivity index (χ3v) is 2.63. The Bertz CT molecular complexity index is 461. The zero-order valence-electron chi connectivity index (χ0n) is 11.9. The third-order valence-electron chi connectivity index (χ3n) is 2.03. The summed E-state index contributed by atoms with van der Waals surface area (Å²) in [6.45, 7) is 6.40. The number of halogens is 1. The van der Waals surface area contributed by atoms with Crippen molar-refractivity contribution < 1.29 is 14.3 Å². The number of ether oxygens (including phenoxy) is 2. The Balaban J connectivity index is 2.67. The molecule has 0 aliphatic rings. The van der Waals surface area contributed by atoms with Gasteiger partial charge in [-0.05, 0) is 61.8 Å². The number of pyridine rings is 1. The van der Waals surface area contributed by atoms with E-state index in [-0.39, 0.29) is 0 Å². The quantitative estimate of drug-likeness (QED) is 0.801. The summed E-state index contributed by atoms with van der Waals surface area (Å²) in [5, 5.41) is 2.56. The van der Waals surface area contributed by atoms with Gasteiger partial charge < -0.3 is 15.2 Å². The molecular weight excluding hydrogens is 326 g/mol. The van der Waals surface area contributed by atoms with E-state index in [1.54, 1.807) is 32.9 Å². The highest BCUT2D eigenvalue weighted by Gasteiger charge is 2.17. The van der Waals surface area contributed by atoms with Gasteiger partial charge in [-0.25, -0.2) is 4.79 Å². The molecule has 0 aromatic carbocycles. The molecule has 0 unspecified atom stereocenters. The van der Waals surface area contributed by atoms with Gasteiger partial charge in [0.1, 0.15) is 11.4 Å². The Morgan fingerprint density at radius 1 is 1.45 bits per heavy atom. The third kappa shape index (κ3) is 6.21. The Hall–Kier alpha value is -1.34. The Kier molecular flexibility index (Phi) is 6.22. The summed E-state index contributed by atoms with van der Waals surface area (Å²) in [6.07, 6.45) is 0.179. The number of nitrogens with one attached hydrogen (secondary N) is 1. The molecule has 6 nitrogen and oxygen atoms in total. The number of carbonyl (C=O) groups is 1. The first kappa shape index (κ1) is 16.7. The number of hydrogen-bond acceptors (Lipinski definition) is 5. The predicted molar refractivity (Wildman–Crippen MR) is 81.0 cm³/mol. The number of rotatable bonds is 5. The van der Waals surface area contributed by atoms with E-state index in [9.17, 15) is 4.79 Å². The first-order valence-electron chi connectivity index (χ1n) is 6.31. The Morgan fingerprint density at radius 3 is 2.75 bits per heavy atom. The van der Waals surface area contributed by atoms with Crippen LogP contribution in [-0.4, -0.2) is 29.8 Å². The van der Waals surface area contributed by atoms with Gasteiger partial charge in [0.05, 0.1) is 11.1 Å². The smallest absolute Gasteiger partial charge is 0.413 e. The topological polar surface area (TPSA) is 86.5 Å². The van der Waals surface area contributed by atoms with Crippen LogP contribution in [0.2, 0.25) is 0 Å². The number of nitrogens with two attached hydrogens (primary N) is 1. The molecule has 0 spiro atoms. The zero-order chi connectivity index (χ0) is 15.2. The molecule has 3 N–H and O–H groups in total. The number of hydrogen-bond donors (Lipinski definition) is 2. The van der Waals surface area contributed by atoms with E-state index in [0.717, 1.165) is 6.42 Å². The average molecular weight is 346 g/mol. The number of carbonyl (C=O) groups excluding carboxylic acids is 1. The van der Waals surface area contributed by atoms with Gasteiger partial charge in [0, 0.05) is 0 Å². The van der Waals surface area contributed by atoms with Crippen LogP contribution in [0.3, 0.4) is 0 Å². The molecule has 1 amide bonds. The maximum atomic E-state index is 11.6. The largest absolute Gasteiger partial charge is 0.477 e. The second-order valence-electron chi connectivity index (χ2n) is 5.10. The molecule has 112 valence electrons. The van der Waals surface area contributed by atoms with Gasteiger partial charge in [-0.2, -0.15) is 4.98 Å². The van der Waals surface area contributed by atoms with E-state index in [4.69, 9.17) is 15.2 Å². The molecule has 20 heavy (non-hydrogen) atoms. The highest BCUT2D eigenvalue weighted by atomic mass is 79.9. The van der Waals surface area contributed by atoms with Crippen LogP contribution in [0, 0.1) is 0 Å². The van der Waals surface area contributed by atoms with Crippen LogP contribution in [0.25, 0.3) is 0 Å². The van der Waals surface area contributed by atoms with Gasteiger partial charge in [-0.1, -0.05) is 0 Å². The van der Waals surface area contributed by atoms with Gasteiger partial charge in [0.15, 0.2) is 0 Å². The highest BCUT2D eigenvalue weighted by molar-refractivity contribution is 9.10. The zero-order valence-corrected chi connectivity index (χ0v) is 13.5. The van der Waals surface area contributed by atoms with E-state index in [2.05, 4.69) is 26.2 Å². The number of aromatic nitrogens is 1. The van der Waals surface area contributed by atoms with Crippen molar-refractivity contribution in [3.8, 4) is 5.88 Å². The van der Waals surface area contributed by atoms with Gasteiger partial charge in [0.2, 0.25) is 5.88 Å². The molecule has 0 bridgehead atoms. The Morgan fingerprint density at radius 2 is 2.15 bits per heavy atom. The molecule has 1 aromatic heterocycles. The van der Waals surface area contributed by atoms with E-state index in [0.29, 0.717) is 29.3 Å².